The van der Waals surface area contributed by atoms with Gasteiger partial charge in [0.1, 0.15) is 12.4 Å². The van der Waals surface area contributed by atoms with Crippen LogP contribution in [0.2, 0.25) is 5.02 Å². The van der Waals surface area contributed by atoms with Crippen molar-refractivity contribution in [2.75, 3.05) is 0 Å². The number of halogens is 1. The molecule has 0 fully saturated rings. The van der Waals surface area contributed by atoms with Gasteiger partial charge in [-0.3, -0.25) is 0 Å². The normalized spacial score (nSPS) is 10.5. The standard InChI is InChI=1S/C22H19ClO3/c23-20-12-13-21(19(14-20)11-6-16-4-2-1-3-5-16)26-15-17-7-9-18(10-8-17)22(24)25/h1-5,7-10,12-14H,6,11,15H2,(H,24,25). The molecule has 0 aliphatic carbocycles. The summed E-state index contributed by atoms with van der Waals surface area (Å²) < 4.78 is 5.96. The highest BCUT2D eigenvalue weighted by Gasteiger charge is 2.07. The van der Waals surface area contributed by atoms with Gasteiger partial charge in [-0.1, -0.05) is 54.1 Å². The first-order chi connectivity index (χ1) is 12.6. The molecule has 132 valence electrons. The molecule has 0 saturated carbocycles. The van der Waals surface area contributed by atoms with Crippen molar-refractivity contribution in [3.05, 3.63) is 100 Å². The molecule has 0 aliphatic heterocycles. The van der Waals surface area contributed by atoms with Gasteiger partial charge in [-0.25, -0.2) is 4.79 Å². The summed E-state index contributed by atoms with van der Waals surface area (Å²) >= 11 is 6.15. The lowest BCUT2D eigenvalue weighted by Crippen LogP contribution is -2.01. The highest BCUT2D eigenvalue weighted by Crippen LogP contribution is 2.25. The Hall–Kier alpha value is -2.78. The zero-order chi connectivity index (χ0) is 18.4. The van der Waals surface area contributed by atoms with Crippen molar-refractivity contribution < 1.29 is 14.6 Å². The third-order valence-corrected chi connectivity index (χ3v) is 4.38. The van der Waals surface area contributed by atoms with Gasteiger partial charge in [-0.15, -0.1) is 0 Å². The minimum Gasteiger partial charge on any atom is -0.489 e. The fraction of sp³-hybridized carbons (Fsp3) is 0.136. The van der Waals surface area contributed by atoms with E-state index in [-0.39, 0.29) is 5.56 Å². The Morgan fingerprint density at radius 2 is 1.62 bits per heavy atom. The Labute approximate surface area is 157 Å². The van der Waals surface area contributed by atoms with Gasteiger partial charge in [0.05, 0.1) is 5.56 Å². The summed E-state index contributed by atoms with van der Waals surface area (Å²) in [5.41, 5.74) is 3.51. The topological polar surface area (TPSA) is 46.5 Å². The summed E-state index contributed by atoms with van der Waals surface area (Å²) in [6.07, 6.45) is 1.74. The molecular formula is C22H19ClO3. The zero-order valence-electron chi connectivity index (χ0n) is 14.2. The van der Waals surface area contributed by atoms with Gasteiger partial charge in [0.15, 0.2) is 0 Å². The van der Waals surface area contributed by atoms with Gasteiger partial charge in [0.2, 0.25) is 0 Å². The number of ether oxygens (including phenoxy) is 1. The number of benzene rings is 3. The van der Waals surface area contributed by atoms with E-state index in [2.05, 4.69) is 12.1 Å². The molecule has 0 bridgehead atoms. The Morgan fingerprint density at radius 1 is 0.885 bits per heavy atom. The molecule has 0 spiro atoms. The summed E-state index contributed by atoms with van der Waals surface area (Å²) in [7, 11) is 0. The lowest BCUT2D eigenvalue weighted by atomic mass is 10.0. The lowest BCUT2D eigenvalue weighted by Gasteiger charge is -2.12. The largest absolute Gasteiger partial charge is 0.489 e. The maximum absolute atomic E-state index is 10.9. The number of hydrogen-bond acceptors (Lipinski definition) is 2. The lowest BCUT2D eigenvalue weighted by molar-refractivity contribution is 0.0697. The third-order valence-electron chi connectivity index (χ3n) is 4.14. The second-order valence-corrected chi connectivity index (χ2v) is 6.46. The maximum atomic E-state index is 10.9. The molecule has 0 aromatic heterocycles. The van der Waals surface area contributed by atoms with Crippen LogP contribution < -0.4 is 4.74 Å². The van der Waals surface area contributed by atoms with Crippen LogP contribution in [0, 0.1) is 0 Å². The van der Waals surface area contributed by atoms with E-state index in [4.69, 9.17) is 21.4 Å². The molecule has 3 aromatic rings. The Bertz CT molecular complexity index is 874. The zero-order valence-corrected chi connectivity index (χ0v) is 14.9. The highest BCUT2D eigenvalue weighted by molar-refractivity contribution is 6.30. The van der Waals surface area contributed by atoms with Crippen molar-refractivity contribution in [3.63, 3.8) is 0 Å². The van der Waals surface area contributed by atoms with Crippen molar-refractivity contribution in [1.82, 2.24) is 0 Å². The van der Waals surface area contributed by atoms with Crippen molar-refractivity contribution in [1.29, 1.82) is 0 Å². The van der Waals surface area contributed by atoms with Gasteiger partial charge < -0.3 is 9.84 Å². The number of aryl methyl sites for hydroxylation is 2. The van der Waals surface area contributed by atoms with Crippen LogP contribution in [0.3, 0.4) is 0 Å². The number of carboxylic acid groups (broad SMARTS) is 1. The summed E-state index contributed by atoms with van der Waals surface area (Å²) in [6, 6.07) is 22.6. The summed E-state index contributed by atoms with van der Waals surface area (Å²) in [6.45, 7) is 0.375. The first kappa shape index (κ1) is 18.0. The Morgan fingerprint density at radius 3 is 2.31 bits per heavy atom. The van der Waals surface area contributed by atoms with Crippen LogP contribution in [0.1, 0.15) is 27.0 Å². The molecule has 0 heterocycles. The van der Waals surface area contributed by atoms with E-state index in [1.165, 1.54) is 5.56 Å². The molecule has 0 unspecified atom stereocenters. The van der Waals surface area contributed by atoms with Crippen LogP contribution in [0.5, 0.6) is 5.75 Å². The summed E-state index contributed by atoms with van der Waals surface area (Å²) in [5, 5.41) is 9.64. The van der Waals surface area contributed by atoms with E-state index in [0.717, 1.165) is 29.7 Å². The first-order valence-electron chi connectivity index (χ1n) is 8.39. The van der Waals surface area contributed by atoms with Crippen LogP contribution in [0.15, 0.2) is 72.8 Å². The van der Waals surface area contributed by atoms with Crippen LogP contribution in [-0.4, -0.2) is 11.1 Å². The van der Waals surface area contributed by atoms with Crippen LogP contribution in [0.25, 0.3) is 0 Å². The minimum atomic E-state index is -0.932. The van der Waals surface area contributed by atoms with E-state index in [1.807, 2.05) is 36.4 Å². The number of aromatic carboxylic acids is 1. The average molecular weight is 367 g/mol. The average Bonchev–Trinajstić information content (AvgIpc) is 2.66. The molecule has 0 amide bonds. The number of hydrogen-bond donors (Lipinski definition) is 1. The van der Waals surface area contributed by atoms with E-state index >= 15 is 0 Å². The van der Waals surface area contributed by atoms with E-state index in [1.54, 1.807) is 24.3 Å². The minimum absolute atomic E-state index is 0.267. The van der Waals surface area contributed by atoms with Gasteiger partial charge in [-0.2, -0.15) is 0 Å². The van der Waals surface area contributed by atoms with Gasteiger partial charge in [-0.05, 0) is 59.9 Å². The molecule has 0 radical (unpaired) electrons. The third kappa shape index (κ3) is 4.87. The SMILES string of the molecule is O=C(O)c1ccc(COc2ccc(Cl)cc2CCc2ccccc2)cc1. The van der Waals surface area contributed by atoms with Crippen molar-refractivity contribution in [2.24, 2.45) is 0 Å². The molecule has 0 aliphatic rings. The van der Waals surface area contributed by atoms with Gasteiger partial charge >= 0.3 is 5.97 Å². The monoisotopic (exact) mass is 366 g/mol. The van der Waals surface area contributed by atoms with Crippen molar-refractivity contribution in [3.8, 4) is 5.75 Å². The Balaban J connectivity index is 1.68. The van der Waals surface area contributed by atoms with Gasteiger partial charge in [0.25, 0.3) is 0 Å². The molecule has 3 rings (SSSR count). The fourth-order valence-corrected chi connectivity index (χ4v) is 2.91. The second kappa shape index (κ2) is 8.54. The van der Waals surface area contributed by atoms with Gasteiger partial charge in [0, 0.05) is 5.02 Å². The molecular weight excluding hydrogens is 348 g/mol. The predicted octanol–water partition coefficient (Wildman–Crippen LogP) is 5.40. The summed E-state index contributed by atoms with van der Waals surface area (Å²) in [5.74, 6) is -0.133. The molecule has 0 saturated heterocycles. The smallest absolute Gasteiger partial charge is 0.335 e. The van der Waals surface area contributed by atoms with Crippen LogP contribution in [0.4, 0.5) is 0 Å². The molecule has 26 heavy (non-hydrogen) atoms. The van der Waals surface area contributed by atoms with Crippen molar-refractivity contribution in [2.45, 2.75) is 19.4 Å². The first-order valence-corrected chi connectivity index (χ1v) is 8.77. The van der Waals surface area contributed by atoms with Crippen molar-refractivity contribution >= 4 is 17.6 Å². The van der Waals surface area contributed by atoms with E-state index in [9.17, 15) is 4.79 Å². The maximum Gasteiger partial charge on any atom is 0.335 e. The quantitative estimate of drug-likeness (QED) is 0.608. The van der Waals surface area contributed by atoms with Crippen LogP contribution in [-0.2, 0) is 19.4 Å². The fourth-order valence-electron chi connectivity index (χ4n) is 2.71. The highest BCUT2D eigenvalue weighted by atomic mass is 35.5. The summed E-state index contributed by atoms with van der Waals surface area (Å²) in [4.78, 5) is 10.9. The Kier molecular flexibility index (Phi) is 5.92. The molecule has 3 nitrogen and oxygen atoms in total. The van der Waals surface area contributed by atoms with E-state index in [0.29, 0.717) is 11.6 Å². The molecule has 0 atom stereocenters. The molecule has 3 aromatic carbocycles. The molecule has 4 heteroatoms. The predicted molar refractivity (Wildman–Crippen MR) is 103 cm³/mol. The second-order valence-electron chi connectivity index (χ2n) is 6.03. The van der Waals surface area contributed by atoms with E-state index < -0.39 is 5.97 Å². The molecule has 1 N–H and O–H groups in total. The number of rotatable bonds is 7. The van der Waals surface area contributed by atoms with Crippen LogP contribution >= 0.6 is 11.6 Å². The number of carbonyl (C=O) groups is 1. The number of carboxylic acids is 1.